The van der Waals surface area contributed by atoms with Crippen molar-refractivity contribution in [2.75, 3.05) is 45.8 Å². The summed E-state index contributed by atoms with van der Waals surface area (Å²) in [5.41, 5.74) is 1.31. The van der Waals surface area contributed by atoms with Crippen molar-refractivity contribution in [3.63, 3.8) is 0 Å². The minimum absolute atomic E-state index is 0.187. The molecule has 0 bridgehead atoms. The predicted molar refractivity (Wildman–Crippen MR) is 93.8 cm³/mol. The lowest BCUT2D eigenvalue weighted by Gasteiger charge is -2.38. The van der Waals surface area contributed by atoms with E-state index in [1.165, 1.54) is 6.42 Å². The molecule has 0 spiro atoms. The molecule has 1 atom stereocenters. The van der Waals surface area contributed by atoms with Gasteiger partial charge in [-0.1, -0.05) is 36.7 Å². The zero-order valence-electron chi connectivity index (χ0n) is 13.9. The van der Waals surface area contributed by atoms with Crippen LogP contribution >= 0.6 is 11.6 Å². The molecule has 1 aromatic rings. The van der Waals surface area contributed by atoms with Gasteiger partial charge in [-0.25, -0.2) is 0 Å². The van der Waals surface area contributed by atoms with E-state index in [-0.39, 0.29) is 5.91 Å². The van der Waals surface area contributed by atoms with E-state index in [0.717, 1.165) is 51.4 Å². The van der Waals surface area contributed by atoms with E-state index in [2.05, 4.69) is 17.1 Å². The highest BCUT2D eigenvalue weighted by Crippen LogP contribution is 2.26. The molecule has 4 nitrogen and oxygen atoms in total. The van der Waals surface area contributed by atoms with Crippen LogP contribution in [0.2, 0.25) is 5.02 Å². The van der Waals surface area contributed by atoms with Crippen LogP contribution in [-0.4, -0.2) is 61.5 Å². The molecule has 2 heterocycles. The minimum atomic E-state index is 0.187. The van der Waals surface area contributed by atoms with Gasteiger partial charge in [0, 0.05) is 44.3 Å². The minimum Gasteiger partial charge on any atom is -0.340 e. The molecule has 5 heteroatoms. The molecular formula is C18H26ClN3O. The average Bonchev–Trinajstić information content (AvgIpc) is 2.96. The third-order valence-electron chi connectivity index (χ3n) is 5.09. The standard InChI is InChI=1S/C18H26ClN3O/c1-18(6-7-20-13-18)14-21-8-10-22(11-9-21)17(23)12-15-4-2-3-5-16(15)19/h2-5,20H,6-14H2,1H3. The first kappa shape index (κ1) is 16.7. The second-order valence-electron chi connectivity index (χ2n) is 7.16. The highest BCUT2D eigenvalue weighted by molar-refractivity contribution is 6.31. The molecule has 0 aromatic heterocycles. The van der Waals surface area contributed by atoms with E-state index in [9.17, 15) is 4.79 Å². The number of hydrogen-bond acceptors (Lipinski definition) is 3. The van der Waals surface area contributed by atoms with E-state index in [0.29, 0.717) is 16.9 Å². The smallest absolute Gasteiger partial charge is 0.227 e. The van der Waals surface area contributed by atoms with Crippen molar-refractivity contribution in [2.24, 2.45) is 5.41 Å². The van der Waals surface area contributed by atoms with E-state index in [1.807, 2.05) is 29.2 Å². The van der Waals surface area contributed by atoms with Crippen LogP contribution < -0.4 is 5.32 Å². The second-order valence-corrected chi connectivity index (χ2v) is 7.57. The summed E-state index contributed by atoms with van der Waals surface area (Å²) in [6.45, 7) is 9.34. The lowest BCUT2D eigenvalue weighted by atomic mass is 9.89. The van der Waals surface area contributed by atoms with Crippen LogP contribution in [0.3, 0.4) is 0 Å². The molecule has 1 N–H and O–H groups in total. The quantitative estimate of drug-likeness (QED) is 0.914. The topological polar surface area (TPSA) is 35.6 Å². The third kappa shape index (κ3) is 4.25. The number of hydrogen-bond donors (Lipinski definition) is 1. The molecule has 1 aromatic carbocycles. The Bertz CT molecular complexity index is 549. The predicted octanol–water partition coefficient (Wildman–Crippen LogP) is 2.03. The van der Waals surface area contributed by atoms with Gasteiger partial charge >= 0.3 is 0 Å². The van der Waals surface area contributed by atoms with Gasteiger partial charge in [0.15, 0.2) is 0 Å². The summed E-state index contributed by atoms with van der Waals surface area (Å²) in [6, 6.07) is 7.61. The Kier molecular flexibility index (Phi) is 5.24. The molecule has 2 saturated heterocycles. The van der Waals surface area contributed by atoms with E-state index >= 15 is 0 Å². The van der Waals surface area contributed by atoms with Crippen LogP contribution in [0.5, 0.6) is 0 Å². The molecule has 1 amide bonds. The van der Waals surface area contributed by atoms with Crippen molar-refractivity contribution in [1.82, 2.24) is 15.1 Å². The van der Waals surface area contributed by atoms with Crippen molar-refractivity contribution >= 4 is 17.5 Å². The van der Waals surface area contributed by atoms with Crippen LogP contribution in [0.4, 0.5) is 0 Å². The molecule has 2 fully saturated rings. The first-order valence-electron chi connectivity index (χ1n) is 8.50. The number of nitrogens with one attached hydrogen (secondary N) is 1. The van der Waals surface area contributed by atoms with Gasteiger partial charge in [-0.05, 0) is 30.0 Å². The fraction of sp³-hybridized carbons (Fsp3) is 0.611. The summed E-state index contributed by atoms with van der Waals surface area (Å²) in [5.74, 6) is 0.187. The Morgan fingerprint density at radius 1 is 1.26 bits per heavy atom. The Morgan fingerprint density at radius 3 is 2.65 bits per heavy atom. The molecule has 2 aliphatic heterocycles. The van der Waals surface area contributed by atoms with Crippen LogP contribution in [0.25, 0.3) is 0 Å². The normalized spacial score (nSPS) is 25.7. The molecule has 126 valence electrons. The van der Waals surface area contributed by atoms with Crippen molar-refractivity contribution in [3.05, 3.63) is 34.9 Å². The van der Waals surface area contributed by atoms with Gasteiger partial charge in [-0.2, -0.15) is 0 Å². The highest BCUT2D eigenvalue weighted by Gasteiger charge is 2.32. The summed E-state index contributed by atoms with van der Waals surface area (Å²) >= 11 is 6.16. The molecule has 1 unspecified atom stereocenters. The number of nitrogens with zero attached hydrogens (tertiary/aromatic N) is 2. The van der Waals surface area contributed by atoms with Crippen molar-refractivity contribution in [3.8, 4) is 0 Å². The first-order valence-corrected chi connectivity index (χ1v) is 8.88. The van der Waals surface area contributed by atoms with Crippen LogP contribution in [0.15, 0.2) is 24.3 Å². The second kappa shape index (κ2) is 7.20. The Labute approximate surface area is 143 Å². The van der Waals surface area contributed by atoms with Gasteiger partial charge in [0.1, 0.15) is 0 Å². The van der Waals surface area contributed by atoms with Gasteiger partial charge in [-0.3, -0.25) is 9.69 Å². The van der Waals surface area contributed by atoms with Gasteiger partial charge in [0.2, 0.25) is 5.91 Å². The lowest BCUT2D eigenvalue weighted by Crippen LogP contribution is -2.51. The molecule has 0 aliphatic carbocycles. The van der Waals surface area contributed by atoms with E-state index in [4.69, 9.17) is 11.6 Å². The average molecular weight is 336 g/mol. The van der Waals surface area contributed by atoms with Crippen LogP contribution in [-0.2, 0) is 11.2 Å². The number of piperazine rings is 1. The lowest BCUT2D eigenvalue weighted by molar-refractivity contribution is -0.132. The molecule has 0 saturated carbocycles. The van der Waals surface area contributed by atoms with Crippen molar-refractivity contribution in [1.29, 1.82) is 0 Å². The van der Waals surface area contributed by atoms with Crippen molar-refractivity contribution in [2.45, 2.75) is 19.8 Å². The number of amides is 1. The zero-order valence-corrected chi connectivity index (χ0v) is 14.6. The summed E-state index contributed by atoms with van der Waals surface area (Å²) in [7, 11) is 0. The monoisotopic (exact) mass is 335 g/mol. The largest absolute Gasteiger partial charge is 0.340 e. The number of benzene rings is 1. The van der Waals surface area contributed by atoms with Gasteiger partial charge in [-0.15, -0.1) is 0 Å². The van der Waals surface area contributed by atoms with E-state index in [1.54, 1.807) is 0 Å². The summed E-state index contributed by atoms with van der Waals surface area (Å²) < 4.78 is 0. The maximum Gasteiger partial charge on any atom is 0.227 e. The van der Waals surface area contributed by atoms with Gasteiger partial charge < -0.3 is 10.2 Å². The Morgan fingerprint density at radius 2 is 2.00 bits per heavy atom. The Balaban J connectivity index is 1.48. The highest BCUT2D eigenvalue weighted by atomic mass is 35.5. The maximum atomic E-state index is 12.5. The fourth-order valence-corrected chi connectivity index (χ4v) is 3.82. The van der Waals surface area contributed by atoms with Gasteiger partial charge in [0.25, 0.3) is 0 Å². The SMILES string of the molecule is CC1(CN2CCN(C(=O)Cc3ccccc3Cl)CC2)CCNC1. The van der Waals surface area contributed by atoms with Crippen LogP contribution in [0.1, 0.15) is 18.9 Å². The fourth-order valence-electron chi connectivity index (χ4n) is 3.62. The first-order chi connectivity index (χ1) is 11.1. The van der Waals surface area contributed by atoms with Crippen LogP contribution in [0, 0.1) is 5.41 Å². The summed E-state index contributed by atoms with van der Waals surface area (Å²) in [6.07, 6.45) is 1.65. The Hall–Kier alpha value is -1.10. The molecular weight excluding hydrogens is 310 g/mol. The number of carbonyl (C=O) groups excluding carboxylic acids is 1. The number of carbonyl (C=O) groups is 1. The number of halogens is 1. The maximum absolute atomic E-state index is 12.5. The van der Waals surface area contributed by atoms with Gasteiger partial charge in [0.05, 0.1) is 6.42 Å². The summed E-state index contributed by atoms with van der Waals surface area (Å²) in [4.78, 5) is 17.0. The van der Waals surface area contributed by atoms with Crippen molar-refractivity contribution < 1.29 is 4.79 Å². The third-order valence-corrected chi connectivity index (χ3v) is 5.46. The molecule has 3 rings (SSSR count). The zero-order chi connectivity index (χ0) is 16.3. The van der Waals surface area contributed by atoms with E-state index < -0.39 is 0 Å². The number of rotatable bonds is 4. The summed E-state index contributed by atoms with van der Waals surface area (Å²) in [5, 5.41) is 4.14. The molecule has 2 aliphatic rings. The molecule has 23 heavy (non-hydrogen) atoms. The molecule has 0 radical (unpaired) electrons.